The second-order valence-corrected chi connectivity index (χ2v) is 14.0. The summed E-state index contributed by atoms with van der Waals surface area (Å²) in [6.45, 7) is 3.48. The largest absolute Gasteiger partial charge is 0.326 e. The standard InChI is InChI=1S/C31H32N4O5S/c1-30(2)13-12-24(22-7-4-5-9-25(22)41(3,39)40)35(29(30)38)18-26(36)33-21-11-10-19-16-31(17-20(19)15-21)23-8-6-14-32-27(23)34-28(31)37/h4-11,14-15,24H,12-13,16-18H2,1-3H3,(H,33,36)(H,32,34,37)/t24-,31+/m0/s1. The quantitative estimate of drug-likeness (QED) is 0.479. The van der Waals surface area contributed by atoms with Crippen molar-refractivity contribution in [3.8, 4) is 0 Å². The van der Waals surface area contributed by atoms with Crippen LogP contribution in [0.25, 0.3) is 0 Å². The summed E-state index contributed by atoms with van der Waals surface area (Å²) in [5.41, 5.74) is 2.63. The molecular formula is C31H32N4O5S. The van der Waals surface area contributed by atoms with Crippen LogP contribution in [0.2, 0.25) is 0 Å². The molecule has 6 rings (SSSR count). The van der Waals surface area contributed by atoms with Crippen molar-refractivity contribution >= 4 is 39.1 Å². The highest BCUT2D eigenvalue weighted by Crippen LogP contribution is 2.47. The van der Waals surface area contributed by atoms with Crippen LogP contribution in [0.15, 0.2) is 65.7 Å². The van der Waals surface area contributed by atoms with Gasteiger partial charge in [-0.3, -0.25) is 14.4 Å². The maximum Gasteiger partial charge on any atom is 0.244 e. The van der Waals surface area contributed by atoms with Crippen molar-refractivity contribution in [1.29, 1.82) is 0 Å². The number of carbonyl (C=O) groups excluding carboxylic acids is 3. The summed E-state index contributed by atoms with van der Waals surface area (Å²) in [5, 5.41) is 5.83. The number of rotatable bonds is 5. The Hall–Kier alpha value is -4.05. The van der Waals surface area contributed by atoms with E-state index in [2.05, 4.69) is 15.6 Å². The number of piperidine rings is 1. The Morgan fingerprint density at radius 1 is 1.07 bits per heavy atom. The highest BCUT2D eigenvalue weighted by Gasteiger charge is 2.51. The number of anilines is 2. The molecule has 0 radical (unpaired) electrons. The van der Waals surface area contributed by atoms with Gasteiger partial charge in [0.2, 0.25) is 17.7 Å². The molecule has 3 heterocycles. The molecule has 1 aliphatic carbocycles. The zero-order chi connectivity index (χ0) is 29.2. The fourth-order valence-electron chi connectivity index (χ4n) is 6.59. The van der Waals surface area contributed by atoms with Crippen LogP contribution in [0.3, 0.4) is 0 Å². The lowest BCUT2D eigenvalue weighted by molar-refractivity contribution is -0.150. The number of fused-ring (bicyclic) bond motifs is 3. The molecule has 0 saturated carbocycles. The summed E-state index contributed by atoms with van der Waals surface area (Å²) < 4.78 is 25.1. The fraction of sp³-hybridized carbons (Fsp3) is 0.355. The first-order valence-corrected chi connectivity index (χ1v) is 15.6. The number of nitrogens with zero attached hydrogens (tertiary/aromatic N) is 2. The predicted molar refractivity (Wildman–Crippen MR) is 154 cm³/mol. The Morgan fingerprint density at radius 2 is 1.83 bits per heavy atom. The zero-order valence-corrected chi connectivity index (χ0v) is 24.0. The first-order chi connectivity index (χ1) is 19.4. The molecule has 1 fully saturated rings. The van der Waals surface area contributed by atoms with Gasteiger partial charge in [0.25, 0.3) is 0 Å². The minimum absolute atomic E-state index is 0.0698. The van der Waals surface area contributed by atoms with Crippen molar-refractivity contribution < 1.29 is 22.8 Å². The lowest BCUT2D eigenvalue weighted by Crippen LogP contribution is -2.50. The SMILES string of the molecule is CC1(C)CC[C@@H](c2ccccc2S(C)(=O)=O)N(CC(=O)Nc2ccc3c(c2)C[C@@]2(C3)C(=O)Nc3ncccc32)C1=O. The number of pyridine rings is 1. The second-order valence-electron chi connectivity index (χ2n) is 12.0. The highest BCUT2D eigenvalue weighted by molar-refractivity contribution is 7.90. The van der Waals surface area contributed by atoms with Crippen LogP contribution >= 0.6 is 0 Å². The molecule has 2 aromatic carbocycles. The van der Waals surface area contributed by atoms with Gasteiger partial charge in [-0.15, -0.1) is 0 Å². The number of hydrogen-bond acceptors (Lipinski definition) is 6. The van der Waals surface area contributed by atoms with Gasteiger partial charge in [0.05, 0.1) is 16.4 Å². The number of amides is 3. The predicted octanol–water partition coefficient (Wildman–Crippen LogP) is 3.80. The molecule has 41 heavy (non-hydrogen) atoms. The van der Waals surface area contributed by atoms with E-state index in [1.807, 2.05) is 44.2 Å². The molecule has 1 spiro atoms. The molecule has 9 nitrogen and oxygen atoms in total. The minimum Gasteiger partial charge on any atom is -0.326 e. The Bertz CT molecular complexity index is 1720. The lowest BCUT2D eigenvalue weighted by atomic mass is 9.78. The summed E-state index contributed by atoms with van der Waals surface area (Å²) in [5.74, 6) is -0.0408. The molecule has 3 aromatic rings. The van der Waals surface area contributed by atoms with Crippen molar-refractivity contribution in [2.45, 2.75) is 55.9 Å². The topological polar surface area (TPSA) is 126 Å². The van der Waals surface area contributed by atoms with Gasteiger partial charge in [0, 0.05) is 29.1 Å². The van der Waals surface area contributed by atoms with Gasteiger partial charge in [-0.25, -0.2) is 13.4 Å². The molecule has 2 N–H and O–H groups in total. The molecular weight excluding hydrogens is 540 g/mol. The van der Waals surface area contributed by atoms with Gasteiger partial charge in [-0.2, -0.15) is 0 Å². The molecule has 2 atom stereocenters. The molecule has 1 aromatic heterocycles. The van der Waals surface area contributed by atoms with Crippen LogP contribution in [0, 0.1) is 5.41 Å². The molecule has 2 aliphatic heterocycles. The molecule has 0 bridgehead atoms. The van der Waals surface area contributed by atoms with E-state index in [4.69, 9.17) is 0 Å². The Labute approximate surface area is 239 Å². The summed E-state index contributed by atoms with van der Waals surface area (Å²) >= 11 is 0. The van der Waals surface area contributed by atoms with Gasteiger partial charge >= 0.3 is 0 Å². The summed E-state index contributed by atoms with van der Waals surface area (Å²) in [7, 11) is -3.54. The third kappa shape index (κ3) is 4.60. The van der Waals surface area contributed by atoms with Crippen LogP contribution in [-0.4, -0.2) is 48.8 Å². The van der Waals surface area contributed by atoms with E-state index in [1.165, 1.54) is 4.90 Å². The number of aromatic nitrogens is 1. The Balaban J connectivity index is 1.24. The van der Waals surface area contributed by atoms with E-state index < -0.39 is 26.7 Å². The van der Waals surface area contributed by atoms with E-state index in [-0.39, 0.29) is 29.2 Å². The normalized spacial score (nSPS) is 22.8. The lowest BCUT2D eigenvalue weighted by Gasteiger charge is -2.43. The smallest absolute Gasteiger partial charge is 0.244 e. The fourth-order valence-corrected chi connectivity index (χ4v) is 7.55. The average molecular weight is 573 g/mol. The van der Waals surface area contributed by atoms with Crippen molar-refractivity contribution in [3.05, 3.63) is 83.0 Å². The van der Waals surface area contributed by atoms with Crippen molar-refractivity contribution in [1.82, 2.24) is 9.88 Å². The Morgan fingerprint density at radius 3 is 2.61 bits per heavy atom. The molecule has 0 unspecified atom stereocenters. The van der Waals surface area contributed by atoms with E-state index in [0.717, 1.165) is 22.9 Å². The Kier molecular flexibility index (Phi) is 6.29. The molecule has 3 amide bonds. The maximum atomic E-state index is 13.6. The third-order valence-corrected chi connectivity index (χ3v) is 9.89. The van der Waals surface area contributed by atoms with E-state index in [9.17, 15) is 22.8 Å². The first kappa shape index (κ1) is 27.1. The van der Waals surface area contributed by atoms with Gasteiger partial charge in [-0.1, -0.05) is 44.2 Å². The zero-order valence-electron chi connectivity index (χ0n) is 23.2. The van der Waals surface area contributed by atoms with Crippen molar-refractivity contribution in [2.75, 3.05) is 23.4 Å². The van der Waals surface area contributed by atoms with Crippen LogP contribution in [0.4, 0.5) is 11.5 Å². The van der Waals surface area contributed by atoms with Gasteiger partial charge in [0.15, 0.2) is 9.84 Å². The number of carbonyl (C=O) groups is 3. The first-order valence-electron chi connectivity index (χ1n) is 13.7. The van der Waals surface area contributed by atoms with Gasteiger partial charge in [-0.05, 0) is 66.6 Å². The van der Waals surface area contributed by atoms with Gasteiger partial charge in [0.1, 0.15) is 12.4 Å². The average Bonchev–Trinajstić information content (AvgIpc) is 3.43. The van der Waals surface area contributed by atoms with Crippen molar-refractivity contribution in [2.24, 2.45) is 5.41 Å². The highest BCUT2D eigenvalue weighted by atomic mass is 32.2. The third-order valence-electron chi connectivity index (χ3n) is 8.71. The van der Waals surface area contributed by atoms with Gasteiger partial charge < -0.3 is 15.5 Å². The van der Waals surface area contributed by atoms with Crippen LogP contribution < -0.4 is 10.6 Å². The number of sulfone groups is 1. The van der Waals surface area contributed by atoms with Crippen LogP contribution in [0.5, 0.6) is 0 Å². The summed E-state index contributed by atoms with van der Waals surface area (Å²) in [4.78, 5) is 46.0. The summed E-state index contributed by atoms with van der Waals surface area (Å²) in [6.07, 6.45) is 4.98. The number of nitrogens with one attached hydrogen (secondary N) is 2. The number of likely N-dealkylation sites (tertiary alicyclic amines) is 1. The molecule has 1 saturated heterocycles. The molecule has 3 aliphatic rings. The monoisotopic (exact) mass is 572 g/mol. The van der Waals surface area contributed by atoms with E-state index in [0.29, 0.717) is 42.8 Å². The van der Waals surface area contributed by atoms with Crippen molar-refractivity contribution in [3.63, 3.8) is 0 Å². The van der Waals surface area contributed by atoms with Crippen LogP contribution in [0.1, 0.15) is 55.0 Å². The summed E-state index contributed by atoms with van der Waals surface area (Å²) in [6, 6.07) is 15.5. The minimum atomic E-state index is -3.54. The number of benzene rings is 2. The number of hydrogen-bond donors (Lipinski definition) is 2. The van der Waals surface area contributed by atoms with E-state index >= 15 is 0 Å². The van der Waals surface area contributed by atoms with Crippen LogP contribution in [-0.2, 0) is 42.5 Å². The molecule has 10 heteroatoms. The van der Waals surface area contributed by atoms with E-state index in [1.54, 1.807) is 30.5 Å². The maximum absolute atomic E-state index is 13.6. The second kappa shape index (κ2) is 9.51. The molecule has 212 valence electrons.